The standard InChI is InChI=1S/C19H20N2O3/c1-13(2)24-18-9-8-16(10-15(18)12-20)21-19(23)11-17(22)14-6-4-3-5-7-14/h3-10,13,17,22H,11H2,1-2H3,(H,21,23). The van der Waals surface area contributed by atoms with Crippen LogP contribution in [0.2, 0.25) is 0 Å². The lowest BCUT2D eigenvalue weighted by Gasteiger charge is -2.14. The molecule has 0 heterocycles. The minimum atomic E-state index is -0.870. The lowest BCUT2D eigenvalue weighted by Crippen LogP contribution is -2.15. The monoisotopic (exact) mass is 324 g/mol. The number of benzene rings is 2. The van der Waals surface area contributed by atoms with E-state index in [1.807, 2.05) is 32.0 Å². The van der Waals surface area contributed by atoms with Gasteiger partial charge in [0.05, 0.1) is 24.2 Å². The zero-order valence-electron chi connectivity index (χ0n) is 13.7. The van der Waals surface area contributed by atoms with Gasteiger partial charge in [-0.25, -0.2) is 0 Å². The summed E-state index contributed by atoms with van der Waals surface area (Å²) < 4.78 is 5.54. The predicted molar refractivity (Wildman–Crippen MR) is 91.6 cm³/mol. The number of hydrogen-bond acceptors (Lipinski definition) is 4. The zero-order valence-corrected chi connectivity index (χ0v) is 13.7. The number of anilines is 1. The highest BCUT2D eigenvalue weighted by atomic mass is 16.5. The van der Waals surface area contributed by atoms with Crippen LogP contribution in [0.1, 0.15) is 37.5 Å². The number of nitrogens with zero attached hydrogens (tertiary/aromatic N) is 1. The van der Waals surface area contributed by atoms with E-state index in [2.05, 4.69) is 11.4 Å². The van der Waals surface area contributed by atoms with E-state index in [0.717, 1.165) is 0 Å². The fraction of sp³-hybridized carbons (Fsp3) is 0.263. The zero-order chi connectivity index (χ0) is 17.5. The van der Waals surface area contributed by atoms with Crippen LogP contribution in [0, 0.1) is 11.3 Å². The maximum atomic E-state index is 12.1. The molecule has 0 bridgehead atoms. The second-order valence-corrected chi connectivity index (χ2v) is 5.67. The summed E-state index contributed by atoms with van der Waals surface area (Å²) in [7, 11) is 0. The molecule has 1 amide bonds. The van der Waals surface area contributed by atoms with Crippen molar-refractivity contribution in [2.24, 2.45) is 0 Å². The number of carbonyl (C=O) groups excluding carboxylic acids is 1. The number of hydrogen-bond donors (Lipinski definition) is 2. The molecule has 0 aliphatic carbocycles. The van der Waals surface area contributed by atoms with Crippen LogP contribution in [0.15, 0.2) is 48.5 Å². The summed E-state index contributed by atoms with van der Waals surface area (Å²) in [4.78, 5) is 12.1. The van der Waals surface area contributed by atoms with Gasteiger partial charge in [0, 0.05) is 5.69 Å². The predicted octanol–water partition coefficient (Wildman–Crippen LogP) is 3.41. The lowest BCUT2D eigenvalue weighted by molar-refractivity contribution is -0.118. The molecule has 2 rings (SSSR count). The Balaban J connectivity index is 2.03. The second kappa shape index (κ2) is 8.14. The number of nitrogens with one attached hydrogen (secondary N) is 1. The molecule has 0 fully saturated rings. The minimum absolute atomic E-state index is 0.0430. The Kier molecular flexibility index (Phi) is 5.94. The number of rotatable bonds is 6. The first-order chi connectivity index (χ1) is 11.5. The van der Waals surface area contributed by atoms with Gasteiger partial charge in [0.25, 0.3) is 0 Å². The number of amides is 1. The molecule has 0 aliphatic rings. The lowest BCUT2D eigenvalue weighted by atomic mass is 10.1. The van der Waals surface area contributed by atoms with Crippen molar-refractivity contribution < 1.29 is 14.6 Å². The topological polar surface area (TPSA) is 82.3 Å². The molecule has 1 unspecified atom stereocenters. The third kappa shape index (κ3) is 4.83. The maximum Gasteiger partial charge on any atom is 0.227 e. The van der Waals surface area contributed by atoms with Gasteiger partial charge in [-0.15, -0.1) is 0 Å². The number of aliphatic hydroxyl groups excluding tert-OH is 1. The highest BCUT2D eigenvalue weighted by Crippen LogP contribution is 2.24. The molecule has 1 atom stereocenters. The van der Waals surface area contributed by atoms with Crippen molar-refractivity contribution in [2.75, 3.05) is 5.32 Å². The number of nitriles is 1. The van der Waals surface area contributed by atoms with Crippen LogP contribution in [0.3, 0.4) is 0 Å². The van der Waals surface area contributed by atoms with Crippen molar-refractivity contribution in [1.82, 2.24) is 0 Å². The Morgan fingerprint density at radius 2 is 1.96 bits per heavy atom. The van der Waals surface area contributed by atoms with Gasteiger partial charge in [-0.2, -0.15) is 5.26 Å². The normalized spacial score (nSPS) is 11.6. The quantitative estimate of drug-likeness (QED) is 0.853. The van der Waals surface area contributed by atoms with Gasteiger partial charge in [0.1, 0.15) is 11.8 Å². The summed E-state index contributed by atoms with van der Waals surface area (Å²) in [6, 6.07) is 15.9. The van der Waals surface area contributed by atoms with Gasteiger partial charge < -0.3 is 15.2 Å². The van der Waals surface area contributed by atoms with Gasteiger partial charge in [-0.05, 0) is 37.6 Å². The van der Waals surface area contributed by atoms with Crippen LogP contribution in [0.25, 0.3) is 0 Å². The molecule has 0 saturated carbocycles. The van der Waals surface area contributed by atoms with Crippen molar-refractivity contribution in [2.45, 2.75) is 32.5 Å². The van der Waals surface area contributed by atoms with E-state index < -0.39 is 6.10 Å². The molecule has 2 aromatic rings. The van der Waals surface area contributed by atoms with Crippen molar-refractivity contribution in [3.63, 3.8) is 0 Å². The summed E-state index contributed by atoms with van der Waals surface area (Å²) in [5.41, 5.74) is 1.53. The first kappa shape index (κ1) is 17.5. The molecule has 0 aliphatic heterocycles. The van der Waals surface area contributed by atoms with E-state index in [9.17, 15) is 15.2 Å². The van der Waals surface area contributed by atoms with E-state index in [1.165, 1.54) is 0 Å². The van der Waals surface area contributed by atoms with E-state index in [4.69, 9.17) is 4.74 Å². The van der Waals surface area contributed by atoms with Gasteiger partial charge >= 0.3 is 0 Å². The average molecular weight is 324 g/mol. The van der Waals surface area contributed by atoms with Crippen LogP contribution >= 0.6 is 0 Å². The molecule has 5 nitrogen and oxygen atoms in total. The molecule has 5 heteroatoms. The molecule has 0 aromatic heterocycles. The first-order valence-electron chi connectivity index (χ1n) is 7.73. The molecule has 124 valence electrons. The Morgan fingerprint density at radius 1 is 1.25 bits per heavy atom. The van der Waals surface area contributed by atoms with Crippen molar-refractivity contribution in [1.29, 1.82) is 5.26 Å². The van der Waals surface area contributed by atoms with E-state index >= 15 is 0 Å². The van der Waals surface area contributed by atoms with Crippen LogP contribution < -0.4 is 10.1 Å². The molecule has 0 saturated heterocycles. The number of carbonyl (C=O) groups is 1. The minimum Gasteiger partial charge on any atom is -0.490 e. The van der Waals surface area contributed by atoms with E-state index in [-0.39, 0.29) is 18.4 Å². The number of aliphatic hydroxyl groups is 1. The van der Waals surface area contributed by atoms with Gasteiger partial charge in [0.2, 0.25) is 5.91 Å². The average Bonchev–Trinajstić information content (AvgIpc) is 2.56. The molecule has 24 heavy (non-hydrogen) atoms. The molecule has 0 spiro atoms. The van der Waals surface area contributed by atoms with Gasteiger partial charge in [-0.1, -0.05) is 30.3 Å². The summed E-state index contributed by atoms with van der Waals surface area (Å²) in [6.45, 7) is 3.75. The molecule has 2 N–H and O–H groups in total. The maximum absolute atomic E-state index is 12.1. The fourth-order valence-electron chi connectivity index (χ4n) is 2.23. The molecular weight excluding hydrogens is 304 g/mol. The third-order valence-electron chi connectivity index (χ3n) is 3.31. The Bertz CT molecular complexity index is 736. The van der Waals surface area contributed by atoms with Crippen molar-refractivity contribution in [3.05, 3.63) is 59.7 Å². The van der Waals surface area contributed by atoms with Gasteiger partial charge in [0.15, 0.2) is 0 Å². The summed E-state index contributed by atoms with van der Waals surface area (Å²) in [5, 5.41) is 22.0. The SMILES string of the molecule is CC(C)Oc1ccc(NC(=O)CC(O)c2ccccc2)cc1C#N. The molecular formula is C19H20N2O3. The summed E-state index contributed by atoms with van der Waals surface area (Å²) in [5.74, 6) is 0.155. The fourth-order valence-corrected chi connectivity index (χ4v) is 2.23. The van der Waals surface area contributed by atoms with Crippen molar-refractivity contribution >= 4 is 11.6 Å². The second-order valence-electron chi connectivity index (χ2n) is 5.67. The Labute approximate surface area is 141 Å². The van der Waals surface area contributed by atoms with E-state index in [0.29, 0.717) is 22.6 Å². The number of ether oxygens (including phenoxy) is 1. The van der Waals surface area contributed by atoms with Gasteiger partial charge in [-0.3, -0.25) is 4.79 Å². The smallest absolute Gasteiger partial charge is 0.227 e. The van der Waals surface area contributed by atoms with Crippen LogP contribution in [-0.4, -0.2) is 17.1 Å². The van der Waals surface area contributed by atoms with Crippen LogP contribution in [-0.2, 0) is 4.79 Å². The van der Waals surface area contributed by atoms with Crippen molar-refractivity contribution in [3.8, 4) is 11.8 Å². The largest absolute Gasteiger partial charge is 0.490 e. The Hall–Kier alpha value is -2.84. The Morgan fingerprint density at radius 3 is 2.58 bits per heavy atom. The molecule has 2 aromatic carbocycles. The van der Waals surface area contributed by atoms with Crippen LogP contribution in [0.4, 0.5) is 5.69 Å². The highest BCUT2D eigenvalue weighted by molar-refractivity contribution is 5.91. The molecule has 0 radical (unpaired) electrons. The first-order valence-corrected chi connectivity index (χ1v) is 7.73. The third-order valence-corrected chi connectivity index (χ3v) is 3.31. The van der Waals surface area contributed by atoms with Crippen LogP contribution in [0.5, 0.6) is 5.75 Å². The highest BCUT2D eigenvalue weighted by Gasteiger charge is 2.14. The summed E-state index contributed by atoms with van der Waals surface area (Å²) in [6.07, 6.45) is -0.973. The summed E-state index contributed by atoms with van der Waals surface area (Å²) >= 11 is 0. The van der Waals surface area contributed by atoms with E-state index in [1.54, 1.807) is 30.3 Å².